The van der Waals surface area contributed by atoms with Gasteiger partial charge in [0.1, 0.15) is 0 Å². The van der Waals surface area contributed by atoms with Crippen molar-refractivity contribution >= 4 is 23.3 Å². The summed E-state index contributed by atoms with van der Waals surface area (Å²) in [5, 5.41) is 4.67. The number of amides is 1. The molecule has 0 aliphatic rings. The number of carbonyl (C=O) groups excluding carboxylic acids is 1. The lowest BCUT2D eigenvalue weighted by Gasteiger charge is -1.92. The highest BCUT2D eigenvalue weighted by molar-refractivity contribution is 7.10. The molecule has 3 heteroatoms. The van der Waals surface area contributed by atoms with Crippen LogP contribution in [0.15, 0.2) is 23.6 Å². The first-order chi connectivity index (χ1) is 5.83. The fourth-order valence-corrected chi connectivity index (χ4v) is 1.40. The molecular formula is C9H11NOS. The molecule has 12 heavy (non-hydrogen) atoms. The Labute approximate surface area is 75.9 Å². The van der Waals surface area contributed by atoms with Gasteiger partial charge in [0.05, 0.1) is 0 Å². The normalized spacial score (nSPS) is 10.4. The first kappa shape index (κ1) is 9.00. The van der Waals surface area contributed by atoms with Gasteiger partial charge in [0, 0.05) is 17.5 Å². The van der Waals surface area contributed by atoms with Gasteiger partial charge in [-0.3, -0.25) is 4.79 Å². The molecule has 1 rings (SSSR count). The molecule has 2 nitrogen and oxygen atoms in total. The van der Waals surface area contributed by atoms with Crippen LogP contribution in [0.1, 0.15) is 11.8 Å². The Morgan fingerprint density at radius 1 is 1.75 bits per heavy atom. The van der Waals surface area contributed by atoms with Crippen molar-refractivity contribution in [2.45, 2.75) is 6.92 Å². The van der Waals surface area contributed by atoms with E-state index in [1.165, 1.54) is 0 Å². The number of nitrogens with one attached hydrogen (secondary N) is 1. The van der Waals surface area contributed by atoms with Crippen LogP contribution < -0.4 is 5.32 Å². The lowest BCUT2D eigenvalue weighted by molar-refractivity contribution is -0.116. The number of carbonyl (C=O) groups is 1. The summed E-state index contributed by atoms with van der Waals surface area (Å²) in [6, 6.07) is 3.93. The Kier molecular flexibility index (Phi) is 3.54. The van der Waals surface area contributed by atoms with Crippen molar-refractivity contribution in [1.82, 2.24) is 5.32 Å². The van der Waals surface area contributed by atoms with E-state index in [9.17, 15) is 4.79 Å². The summed E-state index contributed by atoms with van der Waals surface area (Å²) in [4.78, 5) is 12.0. The molecule has 0 aromatic carbocycles. The first-order valence-electron chi connectivity index (χ1n) is 3.82. The largest absolute Gasteiger partial charge is 0.353 e. The van der Waals surface area contributed by atoms with E-state index in [0.717, 1.165) is 4.88 Å². The van der Waals surface area contributed by atoms with Crippen LogP contribution in [0.25, 0.3) is 6.08 Å². The lowest BCUT2D eigenvalue weighted by Crippen LogP contribution is -2.19. The van der Waals surface area contributed by atoms with Crippen molar-refractivity contribution in [2.24, 2.45) is 0 Å². The zero-order valence-corrected chi connectivity index (χ0v) is 7.73. The minimum Gasteiger partial charge on any atom is -0.353 e. The molecular weight excluding hydrogens is 170 g/mol. The molecule has 0 spiro atoms. The molecule has 0 atom stereocenters. The summed E-state index contributed by atoms with van der Waals surface area (Å²) in [5.74, 6) is -0.0362. The van der Waals surface area contributed by atoms with Crippen molar-refractivity contribution in [3.8, 4) is 0 Å². The van der Waals surface area contributed by atoms with E-state index < -0.39 is 0 Å². The molecule has 0 aliphatic heterocycles. The Bertz CT molecular complexity index is 264. The maximum Gasteiger partial charge on any atom is 0.244 e. The third-order valence-electron chi connectivity index (χ3n) is 1.29. The van der Waals surface area contributed by atoms with E-state index in [1.807, 2.05) is 30.5 Å². The van der Waals surface area contributed by atoms with Crippen molar-refractivity contribution in [3.63, 3.8) is 0 Å². The maximum absolute atomic E-state index is 10.9. The summed E-state index contributed by atoms with van der Waals surface area (Å²) in [7, 11) is 0. The average molecular weight is 181 g/mol. The molecule has 0 unspecified atom stereocenters. The van der Waals surface area contributed by atoms with Gasteiger partial charge in [0.25, 0.3) is 0 Å². The molecule has 1 amide bonds. The second-order valence-corrected chi connectivity index (χ2v) is 3.22. The van der Waals surface area contributed by atoms with Gasteiger partial charge in [0.2, 0.25) is 5.91 Å². The second-order valence-electron chi connectivity index (χ2n) is 2.24. The van der Waals surface area contributed by atoms with E-state index in [-0.39, 0.29) is 5.91 Å². The molecule has 1 aromatic rings. The van der Waals surface area contributed by atoms with Gasteiger partial charge in [-0.15, -0.1) is 11.3 Å². The number of hydrogen-bond acceptors (Lipinski definition) is 2. The van der Waals surface area contributed by atoms with Crippen LogP contribution >= 0.6 is 11.3 Å². The predicted octanol–water partition coefficient (Wildman–Crippen LogP) is 1.90. The molecule has 1 aromatic heterocycles. The maximum atomic E-state index is 10.9. The van der Waals surface area contributed by atoms with Crippen LogP contribution in [0.2, 0.25) is 0 Å². The van der Waals surface area contributed by atoms with Crippen LogP contribution in [-0.2, 0) is 4.79 Å². The quantitative estimate of drug-likeness (QED) is 0.709. The minimum absolute atomic E-state index is 0.0362. The van der Waals surface area contributed by atoms with Gasteiger partial charge in [-0.25, -0.2) is 0 Å². The molecule has 0 bridgehead atoms. The van der Waals surface area contributed by atoms with Crippen molar-refractivity contribution < 1.29 is 4.79 Å². The summed E-state index contributed by atoms with van der Waals surface area (Å²) in [6.07, 6.45) is 3.37. The average Bonchev–Trinajstić information content (AvgIpc) is 2.53. The molecule has 0 saturated heterocycles. The topological polar surface area (TPSA) is 29.1 Å². The number of hydrogen-bond donors (Lipinski definition) is 1. The summed E-state index contributed by atoms with van der Waals surface area (Å²) in [6.45, 7) is 2.57. The molecule has 0 radical (unpaired) electrons. The van der Waals surface area contributed by atoms with Crippen LogP contribution in [0.3, 0.4) is 0 Å². The van der Waals surface area contributed by atoms with Crippen molar-refractivity contribution in [1.29, 1.82) is 0 Å². The highest BCUT2D eigenvalue weighted by Gasteiger charge is 1.91. The third-order valence-corrected chi connectivity index (χ3v) is 2.13. The first-order valence-corrected chi connectivity index (χ1v) is 4.70. The molecule has 64 valence electrons. The van der Waals surface area contributed by atoms with Crippen LogP contribution in [0.5, 0.6) is 0 Å². The number of likely N-dealkylation sites (N-methyl/N-ethyl adjacent to an activating group) is 1. The smallest absolute Gasteiger partial charge is 0.244 e. The Morgan fingerprint density at radius 2 is 2.58 bits per heavy atom. The summed E-state index contributed by atoms with van der Waals surface area (Å²) < 4.78 is 0. The van der Waals surface area contributed by atoms with Crippen molar-refractivity contribution in [2.75, 3.05) is 6.54 Å². The fraction of sp³-hybridized carbons (Fsp3) is 0.222. The Balaban J connectivity index is 2.45. The van der Waals surface area contributed by atoms with E-state index in [0.29, 0.717) is 6.54 Å². The number of thiophene rings is 1. The predicted molar refractivity (Wildman–Crippen MR) is 52.0 cm³/mol. The highest BCUT2D eigenvalue weighted by Crippen LogP contribution is 2.09. The SMILES string of the molecule is CCNC(=O)C=Cc1cccs1. The third kappa shape index (κ3) is 2.88. The summed E-state index contributed by atoms with van der Waals surface area (Å²) >= 11 is 1.62. The van der Waals surface area contributed by atoms with E-state index >= 15 is 0 Å². The van der Waals surface area contributed by atoms with Crippen molar-refractivity contribution in [3.05, 3.63) is 28.5 Å². The number of rotatable bonds is 3. The monoisotopic (exact) mass is 181 g/mol. The van der Waals surface area contributed by atoms with Crippen LogP contribution in [-0.4, -0.2) is 12.5 Å². The molecule has 0 saturated carbocycles. The van der Waals surface area contributed by atoms with Crippen LogP contribution in [0, 0.1) is 0 Å². The zero-order valence-electron chi connectivity index (χ0n) is 6.91. The zero-order chi connectivity index (χ0) is 8.81. The summed E-state index contributed by atoms with van der Waals surface area (Å²) in [5.41, 5.74) is 0. The van der Waals surface area contributed by atoms with E-state index in [1.54, 1.807) is 17.4 Å². The van der Waals surface area contributed by atoms with E-state index in [4.69, 9.17) is 0 Å². The second kappa shape index (κ2) is 4.72. The van der Waals surface area contributed by atoms with Gasteiger partial charge in [-0.05, 0) is 24.4 Å². The Morgan fingerprint density at radius 3 is 3.17 bits per heavy atom. The Hall–Kier alpha value is -1.09. The van der Waals surface area contributed by atoms with Crippen LogP contribution in [0.4, 0.5) is 0 Å². The minimum atomic E-state index is -0.0362. The van der Waals surface area contributed by atoms with Gasteiger partial charge in [-0.2, -0.15) is 0 Å². The van der Waals surface area contributed by atoms with Gasteiger partial charge in [-0.1, -0.05) is 6.07 Å². The van der Waals surface area contributed by atoms with Gasteiger partial charge in [0.15, 0.2) is 0 Å². The lowest BCUT2D eigenvalue weighted by atomic mass is 10.4. The highest BCUT2D eigenvalue weighted by atomic mass is 32.1. The van der Waals surface area contributed by atoms with Gasteiger partial charge >= 0.3 is 0 Å². The fourth-order valence-electron chi connectivity index (χ4n) is 0.777. The standard InChI is InChI=1S/C9H11NOS/c1-2-10-9(11)6-5-8-4-3-7-12-8/h3-7H,2H2,1H3,(H,10,11). The molecule has 0 aliphatic carbocycles. The van der Waals surface area contributed by atoms with Gasteiger partial charge < -0.3 is 5.32 Å². The van der Waals surface area contributed by atoms with E-state index in [2.05, 4.69) is 5.32 Å². The molecule has 1 N–H and O–H groups in total. The molecule has 0 fully saturated rings. The molecule has 1 heterocycles.